The van der Waals surface area contributed by atoms with Gasteiger partial charge in [0.05, 0.1) is 26.0 Å². The van der Waals surface area contributed by atoms with Crippen LogP contribution in [0.3, 0.4) is 0 Å². The van der Waals surface area contributed by atoms with Gasteiger partial charge in [-0.25, -0.2) is 9.59 Å². The number of alkyl halides is 6. The summed E-state index contributed by atoms with van der Waals surface area (Å²) in [7, 11) is 4.08. The molecule has 0 amide bonds. The van der Waals surface area contributed by atoms with E-state index in [1.165, 1.54) is 0 Å². The molecule has 0 fully saturated rings. The molecule has 17 heteroatoms. The van der Waals surface area contributed by atoms with Crippen LogP contribution in [0.5, 0.6) is 0 Å². The van der Waals surface area contributed by atoms with Crippen molar-refractivity contribution in [3.63, 3.8) is 0 Å². The molecule has 0 saturated carbocycles. The minimum absolute atomic E-state index is 0.527. The van der Waals surface area contributed by atoms with E-state index >= 15 is 0 Å². The average Bonchev–Trinajstić information content (AvgIpc) is 3.40. The van der Waals surface area contributed by atoms with Gasteiger partial charge in [0.25, 0.3) is 0 Å². The SMILES string of the molecule is CN(C)CCOCc1nnc2n1CCN(Cc1ccco1)C2.O=C(O)C(F)(F)F.O=C(O)C(F)(F)F. The zero-order valence-corrected chi connectivity index (χ0v) is 19.2. The van der Waals surface area contributed by atoms with Crippen LogP contribution in [0.1, 0.15) is 17.4 Å². The Morgan fingerprint density at radius 2 is 1.67 bits per heavy atom. The summed E-state index contributed by atoms with van der Waals surface area (Å²) in [5, 5.41) is 22.8. The van der Waals surface area contributed by atoms with Gasteiger partial charge in [-0.2, -0.15) is 26.3 Å². The molecule has 36 heavy (non-hydrogen) atoms. The van der Waals surface area contributed by atoms with Crippen molar-refractivity contribution in [2.24, 2.45) is 0 Å². The lowest BCUT2D eigenvalue weighted by atomic mass is 10.3. The van der Waals surface area contributed by atoms with Crippen LogP contribution in [0.4, 0.5) is 26.3 Å². The summed E-state index contributed by atoms with van der Waals surface area (Å²) in [6.45, 7) is 5.63. The first kappa shape index (κ1) is 30.9. The number of ether oxygens (including phenoxy) is 1. The number of aliphatic carboxylic acids is 2. The molecule has 0 unspecified atom stereocenters. The number of furan rings is 1. The van der Waals surface area contributed by atoms with Gasteiger partial charge in [-0.15, -0.1) is 10.2 Å². The van der Waals surface area contributed by atoms with E-state index < -0.39 is 24.3 Å². The van der Waals surface area contributed by atoms with Gasteiger partial charge in [0.1, 0.15) is 18.2 Å². The molecule has 2 N–H and O–H groups in total. The third kappa shape index (κ3) is 11.5. The largest absolute Gasteiger partial charge is 0.490 e. The van der Waals surface area contributed by atoms with E-state index in [-0.39, 0.29) is 0 Å². The standard InChI is InChI=1S/C15H23N5O2.2C2HF3O2/c1-18(2)7-9-21-12-15-17-16-14-11-19(5-6-20(14)15)10-13-4-3-8-22-13;2*3-2(4,5)1(6)7/h3-4,8H,5-7,9-12H2,1-2H3;2*(H,6,7). The number of carboxylic acids is 2. The molecule has 0 aromatic carbocycles. The minimum atomic E-state index is -5.08. The van der Waals surface area contributed by atoms with Crippen LogP contribution >= 0.6 is 0 Å². The summed E-state index contributed by atoms with van der Waals surface area (Å²) in [6.07, 6.45) is -8.45. The van der Waals surface area contributed by atoms with E-state index in [1.807, 2.05) is 26.2 Å². The van der Waals surface area contributed by atoms with Crippen molar-refractivity contribution in [3.05, 3.63) is 35.8 Å². The summed E-state index contributed by atoms with van der Waals surface area (Å²) < 4.78 is 76.7. The van der Waals surface area contributed by atoms with Gasteiger partial charge in [-0.1, -0.05) is 0 Å². The number of halogens is 6. The number of fused-ring (bicyclic) bond motifs is 1. The Labute approximate surface area is 200 Å². The highest BCUT2D eigenvalue weighted by Gasteiger charge is 2.38. The first-order chi connectivity index (χ1) is 16.6. The minimum Gasteiger partial charge on any atom is -0.475 e. The highest BCUT2D eigenvalue weighted by atomic mass is 19.4. The van der Waals surface area contributed by atoms with Gasteiger partial charge >= 0.3 is 24.3 Å². The molecule has 0 radical (unpaired) electrons. The highest BCUT2D eigenvalue weighted by molar-refractivity contribution is 5.73. The summed E-state index contributed by atoms with van der Waals surface area (Å²) in [6, 6.07) is 3.92. The Bertz CT molecular complexity index is 922. The normalized spacial score (nSPS) is 13.8. The molecular formula is C19H25F6N5O6. The van der Waals surface area contributed by atoms with Crippen LogP contribution < -0.4 is 0 Å². The maximum Gasteiger partial charge on any atom is 0.490 e. The third-order valence-corrected chi connectivity index (χ3v) is 4.27. The van der Waals surface area contributed by atoms with Crippen LogP contribution in [0.15, 0.2) is 22.8 Å². The predicted octanol–water partition coefficient (Wildman–Crippen LogP) is 2.23. The summed E-state index contributed by atoms with van der Waals surface area (Å²) in [5.41, 5.74) is 0. The second-order valence-electron chi connectivity index (χ2n) is 7.44. The van der Waals surface area contributed by atoms with Crippen molar-refractivity contribution in [1.82, 2.24) is 24.6 Å². The van der Waals surface area contributed by atoms with Gasteiger partial charge in [0, 0.05) is 19.6 Å². The van der Waals surface area contributed by atoms with Gasteiger partial charge in [0.15, 0.2) is 5.82 Å². The molecule has 0 bridgehead atoms. The predicted molar refractivity (Wildman–Crippen MR) is 108 cm³/mol. The Morgan fingerprint density at radius 3 is 2.14 bits per heavy atom. The van der Waals surface area contributed by atoms with E-state index in [0.29, 0.717) is 13.2 Å². The van der Waals surface area contributed by atoms with Gasteiger partial charge in [0.2, 0.25) is 0 Å². The van der Waals surface area contributed by atoms with Crippen LogP contribution in [-0.4, -0.2) is 92.9 Å². The summed E-state index contributed by atoms with van der Waals surface area (Å²) in [5.74, 6) is -2.60. The van der Waals surface area contributed by atoms with E-state index in [9.17, 15) is 26.3 Å². The van der Waals surface area contributed by atoms with Crippen molar-refractivity contribution in [1.29, 1.82) is 0 Å². The van der Waals surface area contributed by atoms with Crippen molar-refractivity contribution in [2.45, 2.75) is 38.6 Å². The molecule has 0 aliphatic carbocycles. The van der Waals surface area contributed by atoms with Crippen molar-refractivity contribution < 1.29 is 55.3 Å². The monoisotopic (exact) mass is 533 g/mol. The quantitative estimate of drug-likeness (QED) is 0.403. The summed E-state index contributed by atoms with van der Waals surface area (Å²) >= 11 is 0. The Balaban J connectivity index is 0.000000383. The molecule has 1 aliphatic heterocycles. The second-order valence-corrected chi connectivity index (χ2v) is 7.44. The van der Waals surface area contributed by atoms with Gasteiger partial charge in [-0.05, 0) is 26.2 Å². The maximum atomic E-state index is 10.6. The van der Waals surface area contributed by atoms with Crippen LogP contribution in [-0.2, 0) is 40.6 Å². The molecule has 204 valence electrons. The molecule has 1 aliphatic rings. The molecule has 0 spiro atoms. The fraction of sp³-hybridized carbons (Fsp3) is 0.579. The fourth-order valence-electron chi connectivity index (χ4n) is 2.54. The molecule has 2 aromatic heterocycles. The molecule has 3 heterocycles. The molecule has 11 nitrogen and oxygen atoms in total. The van der Waals surface area contributed by atoms with E-state index in [4.69, 9.17) is 29.0 Å². The van der Waals surface area contributed by atoms with E-state index in [0.717, 1.165) is 50.1 Å². The maximum absolute atomic E-state index is 10.6. The smallest absolute Gasteiger partial charge is 0.475 e. The van der Waals surface area contributed by atoms with Gasteiger partial charge in [-0.3, -0.25) is 4.90 Å². The van der Waals surface area contributed by atoms with Crippen LogP contribution in [0, 0.1) is 0 Å². The number of likely N-dealkylation sites (N-methyl/N-ethyl adjacent to an activating group) is 1. The number of hydrogen-bond donors (Lipinski definition) is 2. The average molecular weight is 533 g/mol. The molecule has 0 atom stereocenters. The van der Waals surface area contributed by atoms with Crippen molar-refractivity contribution in [2.75, 3.05) is 33.8 Å². The molecule has 3 rings (SSSR count). The van der Waals surface area contributed by atoms with Crippen LogP contribution in [0.2, 0.25) is 0 Å². The lowest BCUT2D eigenvalue weighted by Crippen LogP contribution is -2.34. The number of rotatable bonds is 7. The fourth-order valence-corrected chi connectivity index (χ4v) is 2.54. The topological polar surface area (TPSA) is 134 Å². The zero-order chi connectivity index (χ0) is 27.5. The van der Waals surface area contributed by atoms with Crippen molar-refractivity contribution in [3.8, 4) is 0 Å². The molecular weight excluding hydrogens is 508 g/mol. The second kappa shape index (κ2) is 13.8. The number of carboxylic acid groups (broad SMARTS) is 2. The summed E-state index contributed by atoms with van der Waals surface area (Å²) in [4.78, 5) is 22.2. The van der Waals surface area contributed by atoms with E-state index in [2.05, 4.69) is 24.6 Å². The van der Waals surface area contributed by atoms with Gasteiger partial charge < -0.3 is 28.8 Å². The zero-order valence-electron chi connectivity index (χ0n) is 19.2. The Morgan fingerprint density at radius 1 is 1.08 bits per heavy atom. The Kier molecular flexibility index (Phi) is 11.8. The number of nitrogens with zero attached hydrogens (tertiary/aromatic N) is 5. The highest BCUT2D eigenvalue weighted by Crippen LogP contribution is 2.16. The lowest BCUT2D eigenvalue weighted by molar-refractivity contribution is -0.193. The first-order valence-corrected chi connectivity index (χ1v) is 10.1. The lowest BCUT2D eigenvalue weighted by Gasteiger charge is -2.26. The van der Waals surface area contributed by atoms with E-state index in [1.54, 1.807) is 6.26 Å². The number of hydrogen-bond acceptors (Lipinski definition) is 8. The number of aromatic nitrogens is 3. The number of carbonyl (C=O) groups is 2. The van der Waals surface area contributed by atoms with Crippen LogP contribution in [0.25, 0.3) is 0 Å². The van der Waals surface area contributed by atoms with Crippen molar-refractivity contribution >= 4 is 11.9 Å². The Hall–Kier alpha value is -3.18. The first-order valence-electron chi connectivity index (χ1n) is 10.1. The molecule has 2 aromatic rings. The molecule has 0 saturated heterocycles. The third-order valence-electron chi connectivity index (χ3n) is 4.27.